The van der Waals surface area contributed by atoms with Crippen LogP contribution in [-0.4, -0.2) is 29.7 Å². The maximum absolute atomic E-state index is 11.1. The highest BCUT2D eigenvalue weighted by Crippen LogP contribution is 2.20. The molecule has 6 heteroatoms. The Kier molecular flexibility index (Phi) is 2.97. The maximum Gasteiger partial charge on any atom is 0.417 e. The van der Waals surface area contributed by atoms with Crippen LogP contribution in [-0.2, 0) is 4.79 Å². The maximum atomic E-state index is 11.1. The van der Waals surface area contributed by atoms with Crippen molar-refractivity contribution >= 4 is 17.1 Å². The van der Waals surface area contributed by atoms with Crippen molar-refractivity contribution in [3.05, 3.63) is 34.3 Å². The number of carboxylic acid groups (broad SMARTS) is 1. The first-order valence-corrected chi connectivity index (χ1v) is 5.12. The number of aromatic nitrogens is 1. The Morgan fingerprint density at radius 1 is 1.59 bits per heavy atom. The van der Waals surface area contributed by atoms with Gasteiger partial charge in [0.25, 0.3) is 0 Å². The second-order valence-electron chi connectivity index (χ2n) is 3.72. The summed E-state index contributed by atoms with van der Waals surface area (Å²) in [6.07, 6.45) is 0. The van der Waals surface area contributed by atoms with Crippen LogP contribution in [0.3, 0.4) is 0 Å². The van der Waals surface area contributed by atoms with Gasteiger partial charge in [-0.25, -0.2) is 4.79 Å². The molecule has 0 saturated heterocycles. The minimum Gasteiger partial charge on any atom is -0.481 e. The fourth-order valence-electron chi connectivity index (χ4n) is 1.74. The van der Waals surface area contributed by atoms with Gasteiger partial charge in [-0.1, -0.05) is 6.07 Å². The number of aromatic amines is 1. The minimum atomic E-state index is -0.912. The van der Waals surface area contributed by atoms with E-state index >= 15 is 0 Å². The van der Waals surface area contributed by atoms with Gasteiger partial charge in [0.15, 0.2) is 5.58 Å². The van der Waals surface area contributed by atoms with Gasteiger partial charge in [-0.3, -0.25) is 9.78 Å². The first-order chi connectivity index (χ1) is 8.11. The molecule has 1 unspecified atom stereocenters. The second kappa shape index (κ2) is 4.42. The van der Waals surface area contributed by atoms with E-state index < -0.39 is 17.6 Å². The van der Waals surface area contributed by atoms with Gasteiger partial charge in [-0.15, -0.1) is 0 Å². The van der Waals surface area contributed by atoms with E-state index in [1.807, 2.05) is 0 Å². The van der Waals surface area contributed by atoms with E-state index in [2.05, 4.69) is 10.3 Å². The van der Waals surface area contributed by atoms with Gasteiger partial charge in [-0.2, -0.15) is 0 Å². The number of oxazole rings is 1. The van der Waals surface area contributed by atoms with Gasteiger partial charge in [0.2, 0.25) is 0 Å². The fourth-order valence-corrected chi connectivity index (χ4v) is 1.74. The summed E-state index contributed by atoms with van der Waals surface area (Å²) in [5.74, 6) is -2.11. The second-order valence-corrected chi connectivity index (χ2v) is 3.72. The van der Waals surface area contributed by atoms with Crippen molar-refractivity contribution in [2.75, 3.05) is 13.6 Å². The number of rotatable bonds is 4. The number of carbonyl (C=O) groups is 1. The van der Waals surface area contributed by atoms with Crippen LogP contribution in [0.2, 0.25) is 0 Å². The van der Waals surface area contributed by atoms with Crippen LogP contribution in [0, 0.1) is 0 Å². The molecule has 17 heavy (non-hydrogen) atoms. The van der Waals surface area contributed by atoms with Gasteiger partial charge in [0.1, 0.15) is 0 Å². The van der Waals surface area contributed by atoms with Crippen LogP contribution in [0.5, 0.6) is 0 Å². The van der Waals surface area contributed by atoms with Crippen LogP contribution in [0.4, 0.5) is 0 Å². The van der Waals surface area contributed by atoms with E-state index in [1.54, 1.807) is 25.2 Å². The quantitative estimate of drug-likeness (QED) is 0.718. The predicted molar refractivity (Wildman–Crippen MR) is 61.1 cm³/mol. The van der Waals surface area contributed by atoms with Crippen LogP contribution >= 0.6 is 0 Å². The Bertz CT molecular complexity index is 599. The van der Waals surface area contributed by atoms with Crippen molar-refractivity contribution < 1.29 is 14.3 Å². The molecule has 2 aromatic rings. The Morgan fingerprint density at radius 3 is 3.00 bits per heavy atom. The number of nitrogens with one attached hydrogen (secondary N) is 2. The lowest BCUT2D eigenvalue weighted by atomic mass is 9.99. The number of benzene rings is 1. The Labute approximate surface area is 96.3 Å². The molecule has 0 aliphatic carbocycles. The monoisotopic (exact) mass is 236 g/mol. The van der Waals surface area contributed by atoms with E-state index in [0.29, 0.717) is 23.2 Å². The van der Waals surface area contributed by atoms with Crippen molar-refractivity contribution in [1.29, 1.82) is 0 Å². The summed E-state index contributed by atoms with van der Waals surface area (Å²) in [7, 11) is 1.69. The SMILES string of the molecule is CNCC(C(=O)O)c1ccc2oc(=O)[nH]c2c1. The molecule has 3 N–H and O–H groups in total. The van der Waals surface area contributed by atoms with E-state index in [1.165, 1.54) is 0 Å². The third-order valence-electron chi connectivity index (χ3n) is 2.55. The van der Waals surface area contributed by atoms with Crippen molar-refractivity contribution in [1.82, 2.24) is 10.3 Å². The molecule has 0 saturated carbocycles. The average molecular weight is 236 g/mol. The molecule has 1 atom stereocenters. The van der Waals surface area contributed by atoms with Crippen LogP contribution < -0.4 is 11.1 Å². The molecule has 1 aromatic carbocycles. The topological polar surface area (TPSA) is 95.3 Å². The summed E-state index contributed by atoms with van der Waals surface area (Å²) >= 11 is 0. The molecular formula is C11H12N2O4. The zero-order chi connectivity index (χ0) is 12.4. The van der Waals surface area contributed by atoms with Crippen LogP contribution in [0.15, 0.2) is 27.4 Å². The van der Waals surface area contributed by atoms with Gasteiger partial charge >= 0.3 is 11.7 Å². The molecule has 1 heterocycles. The fraction of sp³-hybridized carbons (Fsp3) is 0.273. The lowest BCUT2D eigenvalue weighted by molar-refractivity contribution is -0.138. The number of carboxylic acids is 1. The third-order valence-corrected chi connectivity index (χ3v) is 2.55. The predicted octanol–water partition coefficient (Wildman–Crippen LogP) is 0.509. The van der Waals surface area contributed by atoms with Crippen LogP contribution in [0.1, 0.15) is 11.5 Å². The first-order valence-electron chi connectivity index (χ1n) is 5.12. The summed E-state index contributed by atoms with van der Waals surface area (Å²) in [6, 6.07) is 4.86. The van der Waals surface area contributed by atoms with Gasteiger partial charge in [0.05, 0.1) is 11.4 Å². The molecule has 6 nitrogen and oxygen atoms in total. The summed E-state index contributed by atoms with van der Waals surface area (Å²) in [5, 5.41) is 11.9. The highest BCUT2D eigenvalue weighted by Gasteiger charge is 2.19. The summed E-state index contributed by atoms with van der Waals surface area (Å²) in [6.45, 7) is 0.322. The molecule has 0 aliphatic rings. The van der Waals surface area contributed by atoms with E-state index in [9.17, 15) is 9.59 Å². The molecule has 0 radical (unpaired) electrons. The molecule has 0 aliphatic heterocycles. The Morgan fingerprint density at radius 2 is 2.35 bits per heavy atom. The first kappa shape index (κ1) is 11.4. The van der Waals surface area contributed by atoms with E-state index in [4.69, 9.17) is 9.52 Å². The zero-order valence-electron chi connectivity index (χ0n) is 9.19. The largest absolute Gasteiger partial charge is 0.481 e. The standard InChI is InChI=1S/C11H12N2O4/c1-12-5-7(10(14)15)6-2-3-9-8(4-6)13-11(16)17-9/h2-4,7,12H,5H2,1H3,(H,13,16)(H,14,15). The molecule has 0 amide bonds. The lowest BCUT2D eigenvalue weighted by Crippen LogP contribution is -2.24. The molecule has 1 aromatic heterocycles. The molecule has 0 fully saturated rings. The summed E-state index contributed by atoms with van der Waals surface area (Å²) in [5.41, 5.74) is 1.55. The Balaban J connectivity index is 2.46. The molecular weight excluding hydrogens is 224 g/mol. The van der Waals surface area contributed by atoms with E-state index in [0.717, 1.165) is 0 Å². The number of aliphatic carboxylic acids is 1. The molecule has 2 rings (SSSR count). The van der Waals surface area contributed by atoms with Crippen molar-refractivity contribution in [3.63, 3.8) is 0 Å². The normalized spacial score (nSPS) is 12.8. The summed E-state index contributed by atoms with van der Waals surface area (Å²) < 4.78 is 4.85. The number of likely N-dealkylation sites (N-methyl/N-ethyl adjacent to an activating group) is 1. The van der Waals surface area contributed by atoms with Crippen molar-refractivity contribution in [2.45, 2.75) is 5.92 Å². The van der Waals surface area contributed by atoms with Crippen LogP contribution in [0.25, 0.3) is 11.1 Å². The summed E-state index contributed by atoms with van der Waals surface area (Å²) in [4.78, 5) is 24.6. The van der Waals surface area contributed by atoms with Crippen molar-refractivity contribution in [2.24, 2.45) is 0 Å². The number of fused-ring (bicyclic) bond motifs is 1. The highest BCUT2D eigenvalue weighted by molar-refractivity contribution is 5.80. The average Bonchev–Trinajstić information content (AvgIpc) is 2.64. The minimum absolute atomic E-state index is 0.322. The highest BCUT2D eigenvalue weighted by atomic mass is 16.4. The molecule has 0 spiro atoms. The lowest BCUT2D eigenvalue weighted by Gasteiger charge is -2.11. The van der Waals surface area contributed by atoms with Gasteiger partial charge < -0.3 is 14.8 Å². The van der Waals surface area contributed by atoms with Crippen molar-refractivity contribution in [3.8, 4) is 0 Å². The molecule has 0 bridgehead atoms. The number of hydrogen-bond acceptors (Lipinski definition) is 4. The molecule has 90 valence electrons. The van der Waals surface area contributed by atoms with Gasteiger partial charge in [0, 0.05) is 6.54 Å². The third kappa shape index (κ3) is 2.21. The number of hydrogen-bond donors (Lipinski definition) is 3. The zero-order valence-corrected chi connectivity index (χ0v) is 9.19. The smallest absolute Gasteiger partial charge is 0.417 e. The van der Waals surface area contributed by atoms with Gasteiger partial charge in [-0.05, 0) is 24.7 Å². The number of H-pyrrole nitrogens is 1. The van der Waals surface area contributed by atoms with E-state index in [-0.39, 0.29) is 0 Å². The Hall–Kier alpha value is -2.08.